The number of benzene rings is 2. The van der Waals surface area contributed by atoms with Crippen LogP contribution in [0.1, 0.15) is 30.5 Å². The summed E-state index contributed by atoms with van der Waals surface area (Å²) in [7, 11) is 3.67. The average Bonchev–Trinajstić information content (AvgIpc) is 3.23. The number of nitrogens with zero attached hydrogens (tertiary/aromatic N) is 3. The van der Waals surface area contributed by atoms with Gasteiger partial charge in [0.2, 0.25) is 5.91 Å². The van der Waals surface area contributed by atoms with Crippen LogP contribution in [0.4, 0.5) is 0 Å². The number of rotatable bonds is 3. The minimum atomic E-state index is -0.139. The molecule has 0 bridgehead atoms. The molecule has 2 aromatic carbocycles. The monoisotopic (exact) mass is 425 g/mol. The smallest absolute Gasteiger partial charge is 0.240 e. The number of hydrazone groups is 1. The van der Waals surface area contributed by atoms with Crippen LogP contribution < -0.4 is 4.74 Å². The number of carbonyl (C=O) groups is 1. The minimum absolute atomic E-state index is 0.0723. The maximum atomic E-state index is 12.3. The molecule has 5 nitrogen and oxygen atoms in total. The Labute approximate surface area is 166 Å². The third-order valence-corrected chi connectivity index (χ3v) is 5.49. The number of hydrogen-bond acceptors (Lipinski definition) is 3. The number of aryl methyl sites for hydroxylation is 1. The highest BCUT2D eigenvalue weighted by molar-refractivity contribution is 9.10. The van der Waals surface area contributed by atoms with E-state index in [4.69, 9.17) is 4.74 Å². The van der Waals surface area contributed by atoms with Crippen molar-refractivity contribution in [1.29, 1.82) is 0 Å². The van der Waals surface area contributed by atoms with Crippen LogP contribution in [0.25, 0.3) is 10.9 Å². The largest absolute Gasteiger partial charge is 0.496 e. The molecular weight excluding hydrogens is 406 g/mol. The van der Waals surface area contributed by atoms with Gasteiger partial charge in [-0.1, -0.05) is 28.1 Å². The topological polar surface area (TPSA) is 46.8 Å². The second kappa shape index (κ2) is 6.85. The molecule has 0 saturated carbocycles. The fourth-order valence-electron chi connectivity index (χ4n) is 3.75. The lowest BCUT2D eigenvalue weighted by molar-refractivity contribution is -0.130. The predicted octanol–water partition coefficient (Wildman–Crippen LogP) is 4.65. The SMILES string of the molecule is COc1ccccc1C1=NN(C(C)=O)[C@H](c2cn(C)c3ccc(Br)cc23)C1. The summed E-state index contributed by atoms with van der Waals surface area (Å²) < 4.78 is 8.60. The number of methoxy groups -OCH3 is 1. The second-order valence-electron chi connectivity index (χ2n) is 6.69. The van der Waals surface area contributed by atoms with Gasteiger partial charge in [-0.15, -0.1) is 0 Å². The molecule has 1 aliphatic rings. The highest BCUT2D eigenvalue weighted by atomic mass is 79.9. The molecule has 4 rings (SSSR count). The number of para-hydroxylation sites is 1. The molecule has 1 amide bonds. The van der Waals surface area contributed by atoms with Crippen molar-refractivity contribution < 1.29 is 9.53 Å². The Bertz CT molecular complexity index is 1070. The van der Waals surface area contributed by atoms with Crippen LogP contribution in [0, 0.1) is 0 Å². The summed E-state index contributed by atoms with van der Waals surface area (Å²) in [5, 5.41) is 7.38. The van der Waals surface area contributed by atoms with Gasteiger partial charge in [-0.05, 0) is 30.3 Å². The molecule has 0 N–H and O–H groups in total. The summed E-state index contributed by atoms with van der Waals surface area (Å²) in [4.78, 5) is 12.3. The van der Waals surface area contributed by atoms with E-state index in [1.165, 1.54) is 0 Å². The van der Waals surface area contributed by atoms with E-state index in [-0.39, 0.29) is 11.9 Å². The lowest BCUT2D eigenvalue weighted by Crippen LogP contribution is -2.24. The highest BCUT2D eigenvalue weighted by Gasteiger charge is 2.34. The third kappa shape index (κ3) is 3.04. The third-order valence-electron chi connectivity index (χ3n) is 4.99. The number of fused-ring (bicyclic) bond motifs is 1. The Balaban J connectivity index is 1.81. The van der Waals surface area contributed by atoms with Crippen LogP contribution in [0.5, 0.6) is 5.75 Å². The van der Waals surface area contributed by atoms with Crippen molar-refractivity contribution >= 4 is 38.5 Å². The number of amides is 1. The average molecular weight is 426 g/mol. The van der Waals surface area contributed by atoms with Crippen LogP contribution in [-0.4, -0.2) is 28.3 Å². The summed E-state index contributed by atoms with van der Waals surface area (Å²) in [6.45, 7) is 1.56. The molecule has 6 heteroatoms. The second-order valence-corrected chi connectivity index (χ2v) is 7.60. The molecule has 0 fully saturated rings. The number of carbonyl (C=O) groups excluding carboxylic acids is 1. The van der Waals surface area contributed by atoms with Crippen molar-refractivity contribution in [2.45, 2.75) is 19.4 Å². The van der Waals surface area contributed by atoms with Gasteiger partial charge in [-0.3, -0.25) is 4.79 Å². The van der Waals surface area contributed by atoms with E-state index < -0.39 is 0 Å². The Morgan fingerprint density at radius 1 is 1.26 bits per heavy atom. The van der Waals surface area contributed by atoms with Crippen LogP contribution in [0.3, 0.4) is 0 Å². The summed E-state index contributed by atoms with van der Waals surface area (Å²) in [6, 6.07) is 13.9. The Morgan fingerprint density at radius 2 is 2.04 bits per heavy atom. The van der Waals surface area contributed by atoms with Crippen molar-refractivity contribution in [3.05, 3.63) is 64.3 Å². The molecule has 1 atom stereocenters. The Morgan fingerprint density at radius 3 is 2.78 bits per heavy atom. The van der Waals surface area contributed by atoms with E-state index in [2.05, 4.69) is 43.9 Å². The first-order valence-corrected chi connectivity index (χ1v) is 9.54. The van der Waals surface area contributed by atoms with E-state index in [0.29, 0.717) is 6.42 Å². The van der Waals surface area contributed by atoms with Gasteiger partial charge in [0.05, 0.1) is 18.9 Å². The molecular formula is C21H20BrN3O2. The van der Waals surface area contributed by atoms with Crippen molar-refractivity contribution in [2.75, 3.05) is 7.11 Å². The first-order valence-electron chi connectivity index (χ1n) is 8.74. The normalized spacial score (nSPS) is 16.7. The molecule has 3 aromatic rings. The molecule has 27 heavy (non-hydrogen) atoms. The summed E-state index contributed by atoms with van der Waals surface area (Å²) in [5.74, 6) is 0.693. The van der Waals surface area contributed by atoms with Crippen molar-refractivity contribution in [1.82, 2.24) is 9.58 Å². The zero-order chi connectivity index (χ0) is 19.1. The van der Waals surface area contributed by atoms with Gasteiger partial charge >= 0.3 is 0 Å². The zero-order valence-electron chi connectivity index (χ0n) is 15.4. The van der Waals surface area contributed by atoms with Crippen LogP contribution in [0.2, 0.25) is 0 Å². The molecule has 0 saturated heterocycles. The molecule has 0 radical (unpaired) electrons. The molecule has 0 unspecified atom stereocenters. The molecule has 0 aliphatic carbocycles. The minimum Gasteiger partial charge on any atom is -0.496 e. The number of hydrogen-bond donors (Lipinski definition) is 0. The van der Waals surface area contributed by atoms with E-state index in [9.17, 15) is 4.79 Å². The van der Waals surface area contributed by atoms with Gasteiger partial charge in [0.25, 0.3) is 0 Å². The fourth-order valence-corrected chi connectivity index (χ4v) is 4.11. The summed E-state index contributed by atoms with van der Waals surface area (Å²) in [6.07, 6.45) is 2.74. The Hall–Kier alpha value is -2.60. The first-order chi connectivity index (χ1) is 13.0. The standard InChI is InChI=1S/C21H20BrN3O2/c1-13(26)25-20(11-18(23-25)15-6-4-5-7-21(15)27-3)17-12-24(2)19-9-8-14(22)10-16(17)19/h4-10,12,20H,11H2,1-3H3/t20-/m0/s1. The Kier molecular flexibility index (Phi) is 4.52. The van der Waals surface area contributed by atoms with Crippen LogP contribution in [0.15, 0.2) is 58.2 Å². The predicted molar refractivity (Wildman–Crippen MR) is 110 cm³/mol. The van der Waals surface area contributed by atoms with Crippen molar-refractivity contribution in [3.8, 4) is 5.75 Å². The maximum absolute atomic E-state index is 12.3. The first kappa shape index (κ1) is 17.8. The van der Waals surface area contributed by atoms with Crippen LogP contribution in [-0.2, 0) is 11.8 Å². The number of halogens is 1. The molecule has 2 heterocycles. The van der Waals surface area contributed by atoms with Gasteiger partial charge in [0, 0.05) is 53.1 Å². The quantitative estimate of drug-likeness (QED) is 0.612. The summed E-state index contributed by atoms with van der Waals surface area (Å²) >= 11 is 3.56. The van der Waals surface area contributed by atoms with E-state index in [1.807, 2.05) is 37.4 Å². The molecule has 1 aliphatic heterocycles. The van der Waals surface area contributed by atoms with Gasteiger partial charge in [0.1, 0.15) is 5.75 Å². The highest BCUT2D eigenvalue weighted by Crippen LogP contribution is 2.39. The fraction of sp³-hybridized carbons (Fsp3) is 0.238. The molecule has 1 aromatic heterocycles. The van der Waals surface area contributed by atoms with E-state index in [0.717, 1.165) is 38.0 Å². The van der Waals surface area contributed by atoms with Crippen molar-refractivity contribution in [3.63, 3.8) is 0 Å². The number of aromatic nitrogens is 1. The van der Waals surface area contributed by atoms with Gasteiger partial charge in [0.15, 0.2) is 0 Å². The number of ether oxygens (including phenoxy) is 1. The summed E-state index contributed by atoms with van der Waals surface area (Å²) in [5.41, 5.74) is 4.01. The van der Waals surface area contributed by atoms with E-state index >= 15 is 0 Å². The molecule has 0 spiro atoms. The van der Waals surface area contributed by atoms with E-state index in [1.54, 1.807) is 19.0 Å². The van der Waals surface area contributed by atoms with Gasteiger partial charge in [-0.2, -0.15) is 5.10 Å². The van der Waals surface area contributed by atoms with Gasteiger partial charge < -0.3 is 9.30 Å². The lowest BCUT2D eigenvalue weighted by Gasteiger charge is -2.19. The zero-order valence-corrected chi connectivity index (χ0v) is 17.0. The van der Waals surface area contributed by atoms with Crippen LogP contribution >= 0.6 is 15.9 Å². The molecule has 138 valence electrons. The maximum Gasteiger partial charge on any atom is 0.240 e. The lowest BCUT2D eigenvalue weighted by atomic mass is 9.97. The van der Waals surface area contributed by atoms with Crippen molar-refractivity contribution in [2.24, 2.45) is 12.1 Å². The van der Waals surface area contributed by atoms with Gasteiger partial charge in [-0.25, -0.2) is 5.01 Å².